The van der Waals surface area contributed by atoms with E-state index in [-0.39, 0.29) is 24.9 Å². The number of allylic oxidation sites excluding steroid dienone is 1. The second-order valence-corrected chi connectivity index (χ2v) is 11.6. The molecule has 0 rings (SSSR count). The van der Waals surface area contributed by atoms with Gasteiger partial charge in [0.05, 0.1) is 0 Å². The summed E-state index contributed by atoms with van der Waals surface area (Å²) in [5.41, 5.74) is 0. The van der Waals surface area contributed by atoms with E-state index >= 15 is 0 Å². The third kappa shape index (κ3) is 9.59. The zero-order chi connectivity index (χ0) is 19.3. The van der Waals surface area contributed by atoms with Crippen molar-refractivity contribution >= 4 is 25.2 Å². The topological polar surface area (TPSA) is 78.9 Å². The molecular formula is C18H33O6P. The van der Waals surface area contributed by atoms with Gasteiger partial charge in [-0.1, -0.05) is 0 Å². The number of hydrogen-bond donors (Lipinski definition) is 0. The molecule has 0 unspecified atom stereocenters. The minimum atomic E-state index is -1.30. The molecule has 146 valence electrons. The first-order chi connectivity index (χ1) is 11.8. The van der Waals surface area contributed by atoms with Crippen LogP contribution in [0.4, 0.5) is 0 Å². The van der Waals surface area contributed by atoms with Crippen LogP contribution in [0.15, 0.2) is 11.8 Å². The van der Waals surface area contributed by atoms with Gasteiger partial charge in [0.1, 0.15) is 0 Å². The molecule has 0 bridgehead atoms. The summed E-state index contributed by atoms with van der Waals surface area (Å²) in [6.07, 6.45) is 6.80. The summed E-state index contributed by atoms with van der Waals surface area (Å²) in [5, 5.41) is 0. The fraction of sp³-hybridized carbons (Fsp3) is 0.722. The third-order valence-corrected chi connectivity index (χ3v) is 10.4. The second kappa shape index (κ2) is 12.9. The van der Waals surface area contributed by atoms with E-state index in [9.17, 15) is 14.4 Å². The maximum absolute atomic E-state index is 11.8. The van der Waals surface area contributed by atoms with Gasteiger partial charge >= 0.3 is 139 Å². The van der Waals surface area contributed by atoms with Gasteiger partial charge < -0.3 is 0 Å². The van der Waals surface area contributed by atoms with Crippen LogP contribution < -0.4 is 0 Å². The molecule has 0 fully saturated rings. The van der Waals surface area contributed by atoms with E-state index in [0.29, 0.717) is 12.8 Å². The number of carbonyl (C=O) groups is 3. The summed E-state index contributed by atoms with van der Waals surface area (Å²) in [5.74, 6) is -1.60. The summed E-state index contributed by atoms with van der Waals surface area (Å²) in [4.78, 5) is 34.3. The van der Waals surface area contributed by atoms with E-state index < -0.39 is 19.2 Å². The third-order valence-electron chi connectivity index (χ3n) is 4.61. The number of esters is 3. The van der Waals surface area contributed by atoms with Crippen LogP contribution >= 0.6 is 7.26 Å². The van der Waals surface area contributed by atoms with Crippen LogP contribution in [0.5, 0.6) is 0 Å². The van der Waals surface area contributed by atoms with Gasteiger partial charge in [0, 0.05) is 6.92 Å². The van der Waals surface area contributed by atoms with Crippen LogP contribution in [0.2, 0.25) is 0 Å². The summed E-state index contributed by atoms with van der Waals surface area (Å²) in [6.45, 7) is 9.75. The Morgan fingerprint density at radius 1 is 0.960 bits per heavy atom. The standard InChI is InChI=1S/C18H33O6P/c1-6-16(24-15(5)19)18(21)23-13-10-12-22-17(20)11-14-25(7-2,8-3)9-4/h6,25H,7-14H2,1-5H3. The molecule has 0 aromatic heterocycles. The Kier molecular flexibility index (Phi) is 12.1. The minimum absolute atomic E-state index is 0.0995. The number of hydrogen-bond acceptors (Lipinski definition) is 6. The zero-order valence-corrected chi connectivity index (χ0v) is 17.2. The van der Waals surface area contributed by atoms with Gasteiger partial charge in [-0.25, -0.2) is 0 Å². The zero-order valence-electron chi connectivity index (χ0n) is 16.2. The molecule has 0 radical (unpaired) electrons. The quantitative estimate of drug-likeness (QED) is 0.130. The first-order valence-electron chi connectivity index (χ1n) is 9.01. The SMILES string of the molecule is CC=C(OC(C)=O)C(=O)OCCCOC(=O)CC[PH](CC)(CC)CC. The molecule has 0 N–H and O–H groups in total. The molecule has 0 aliphatic rings. The van der Waals surface area contributed by atoms with E-state index in [1.165, 1.54) is 31.5 Å². The van der Waals surface area contributed by atoms with E-state index in [4.69, 9.17) is 14.2 Å². The van der Waals surface area contributed by atoms with Crippen molar-refractivity contribution in [1.82, 2.24) is 0 Å². The van der Waals surface area contributed by atoms with Crippen molar-refractivity contribution < 1.29 is 28.6 Å². The predicted molar refractivity (Wildman–Crippen MR) is 101 cm³/mol. The summed E-state index contributed by atoms with van der Waals surface area (Å²) in [6, 6.07) is 0. The molecule has 0 amide bonds. The van der Waals surface area contributed by atoms with E-state index in [1.54, 1.807) is 6.92 Å². The molecular weight excluding hydrogens is 343 g/mol. The van der Waals surface area contributed by atoms with Crippen LogP contribution in [0.1, 0.15) is 47.5 Å². The first kappa shape index (κ1) is 23.6. The summed E-state index contributed by atoms with van der Waals surface area (Å²) >= 11 is 0. The average molecular weight is 376 g/mol. The average Bonchev–Trinajstić information content (AvgIpc) is 2.60. The van der Waals surface area contributed by atoms with Crippen molar-refractivity contribution in [3.63, 3.8) is 0 Å². The molecule has 0 heterocycles. The van der Waals surface area contributed by atoms with Crippen LogP contribution in [0.25, 0.3) is 0 Å². The Morgan fingerprint density at radius 3 is 2.00 bits per heavy atom. The van der Waals surface area contributed by atoms with E-state index in [2.05, 4.69) is 20.8 Å². The molecule has 0 atom stereocenters. The molecule has 0 aromatic carbocycles. The van der Waals surface area contributed by atoms with Gasteiger partial charge in [0.25, 0.3) is 0 Å². The van der Waals surface area contributed by atoms with Gasteiger partial charge in [-0.15, -0.1) is 0 Å². The molecule has 0 aliphatic heterocycles. The van der Waals surface area contributed by atoms with Crippen LogP contribution in [-0.2, 0) is 28.6 Å². The monoisotopic (exact) mass is 376 g/mol. The number of rotatable bonds is 12. The fourth-order valence-electron chi connectivity index (χ4n) is 2.57. The number of ether oxygens (including phenoxy) is 3. The van der Waals surface area contributed by atoms with Gasteiger partial charge in [0.15, 0.2) is 0 Å². The maximum atomic E-state index is 11.8. The Bertz CT molecular complexity index is 460. The first-order valence-corrected chi connectivity index (χ1v) is 11.8. The van der Waals surface area contributed by atoms with Crippen molar-refractivity contribution in [3.05, 3.63) is 11.8 Å². The van der Waals surface area contributed by atoms with Crippen LogP contribution in [-0.4, -0.2) is 55.8 Å². The molecule has 7 heteroatoms. The van der Waals surface area contributed by atoms with Crippen molar-refractivity contribution in [2.24, 2.45) is 0 Å². The normalized spacial score (nSPS) is 12.4. The van der Waals surface area contributed by atoms with Gasteiger partial charge in [-0.3, -0.25) is 4.79 Å². The Labute approximate surface area is 151 Å². The number of carbonyl (C=O) groups excluding carboxylic acids is 3. The van der Waals surface area contributed by atoms with Gasteiger partial charge in [-0.2, -0.15) is 0 Å². The van der Waals surface area contributed by atoms with Crippen molar-refractivity contribution in [2.45, 2.75) is 47.5 Å². The molecule has 6 nitrogen and oxygen atoms in total. The van der Waals surface area contributed by atoms with Crippen LogP contribution in [0.3, 0.4) is 0 Å². The van der Waals surface area contributed by atoms with E-state index in [0.717, 1.165) is 6.16 Å². The molecule has 0 saturated carbocycles. The predicted octanol–water partition coefficient (Wildman–Crippen LogP) is 3.13. The van der Waals surface area contributed by atoms with Crippen molar-refractivity contribution in [2.75, 3.05) is 37.9 Å². The molecule has 0 aromatic rings. The Hall–Kier alpha value is -1.42. The van der Waals surface area contributed by atoms with Gasteiger partial charge in [-0.05, 0) is 0 Å². The Morgan fingerprint density at radius 2 is 1.52 bits per heavy atom. The van der Waals surface area contributed by atoms with E-state index in [1.807, 2.05) is 0 Å². The molecule has 0 aliphatic carbocycles. The second-order valence-electron chi connectivity index (χ2n) is 6.02. The molecule has 0 saturated heterocycles. The summed E-state index contributed by atoms with van der Waals surface area (Å²) in [7, 11) is -1.30. The fourth-order valence-corrected chi connectivity index (χ4v) is 5.87. The van der Waals surface area contributed by atoms with Crippen LogP contribution in [0, 0.1) is 0 Å². The van der Waals surface area contributed by atoms with Crippen molar-refractivity contribution in [1.29, 1.82) is 0 Å². The Balaban J connectivity index is 4.00. The summed E-state index contributed by atoms with van der Waals surface area (Å²) < 4.78 is 14.9. The van der Waals surface area contributed by atoms with Gasteiger partial charge in [0.2, 0.25) is 0 Å². The van der Waals surface area contributed by atoms with Crippen molar-refractivity contribution in [3.8, 4) is 0 Å². The molecule has 0 spiro atoms. The molecule has 25 heavy (non-hydrogen) atoms.